The van der Waals surface area contributed by atoms with Gasteiger partial charge >= 0.3 is 5.69 Å². The van der Waals surface area contributed by atoms with E-state index in [9.17, 15) is 4.79 Å². The minimum atomic E-state index is -0.232. The second-order valence-corrected chi connectivity index (χ2v) is 4.67. The molecule has 0 saturated heterocycles. The summed E-state index contributed by atoms with van der Waals surface area (Å²) in [5, 5.41) is 0. The molecule has 0 atom stereocenters. The minimum Gasteiger partial charge on any atom is -0.492 e. The van der Waals surface area contributed by atoms with Crippen LogP contribution >= 0.6 is 0 Å². The molecule has 1 aromatic heterocycles. The molecule has 0 fully saturated rings. The number of benzene rings is 1. The third-order valence-electron chi connectivity index (χ3n) is 3.09. The van der Waals surface area contributed by atoms with Crippen LogP contribution in [0.2, 0.25) is 0 Å². The highest BCUT2D eigenvalue weighted by Crippen LogP contribution is 2.11. The van der Waals surface area contributed by atoms with E-state index in [1.807, 2.05) is 44.2 Å². The zero-order valence-corrected chi connectivity index (χ0v) is 11.8. The topological polar surface area (TPSA) is 70.1 Å². The van der Waals surface area contributed by atoms with E-state index in [1.165, 1.54) is 0 Å². The summed E-state index contributed by atoms with van der Waals surface area (Å²) in [7, 11) is 0. The summed E-state index contributed by atoms with van der Waals surface area (Å²) in [6.45, 7) is 5.13. The van der Waals surface area contributed by atoms with Gasteiger partial charge in [-0.15, -0.1) is 0 Å². The summed E-state index contributed by atoms with van der Waals surface area (Å²) < 4.78 is 7.23. The van der Waals surface area contributed by atoms with Crippen LogP contribution in [0.3, 0.4) is 0 Å². The van der Waals surface area contributed by atoms with Gasteiger partial charge < -0.3 is 10.5 Å². The number of nitrogens with zero attached hydrogens (tertiary/aromatic N) is 2. The molecule has 5 heteroatoms. The molecule has 0 spiro atoms. The molecule has 0 aliphatic heterocycles. The van der Waals surface area contributed by atoms with Crippen LogP contribution in [-0.4, -0.2) is 16.2 Å². The first-order chi connectivity index (χ1) is 9.60. The van der Waals surface area contributed by atoms with Gasteiger partial charge in [-0.25, -0.2) is 4.79 Å². The Morgan fingerprint density at radius 3 is 2.55 bits per heavy atom. The van der Waals surface area contributed by atoms with Crippen molar-refractivity contribution in [1.29, 1.82) is 0 Å². The number of nitrogens with two attached hydrogens (primary N) is 1. The van der Waals surface area contributed by atoms with Crippen LogP contribution < -0.4 is 16.2 Å². The highest BCUT2D eigenvalue weighted by molar-refractivity contribution is 5.27. The fourth-order valence-electron chi connectivity index (χ4n) is 2.02. The Bertz CT molecular complexity index is 633. The number of rotatable bonds is 5. The van der Waals surface area contributed by atoms with Crippen LogP contribution in [0.4, 0.5) is 0 Å². The summed E-state index contributed by atoms with van der Waals surface area (Å²) >= 11 is 0. The lowest BCUT2D eigenvalue weighted by molar-refractivity contribution is 0.294. The Morgan fingerprint density at radius 2 is 1.95 bits per heavy atom. The van der Waals surface area contributed by atoms with E-state index >= 15 is 0 Å². The lowest BCUT2D eigenvalue weighted by Crippen LogP contribution is -2.27. The molecule has 20 heavy (non-hydrogen) atoms. The molecule has 0 bridgehead atoms. The summed E-state index contributed by atoms with van der Waals surface area (Å²) in [4.78, 5) is 15.7. The van der Waals surface area contributed by atoms with Gasteiger partial charge in [0.2, 0.25) is 0 Å². The zero-order valence-electron chi connectivity index (χ0n) is 11.8. The first-order valence-corrected chi connectivity index (χ1v) is 6.57. The molecule has 2 aromatic rings. The first kappa shape index (κ1) is 14.3. The van der Waals surface area contributed by atoms with Gasteiger partial charge in [-0.2, -0.15) is 4.98 Å². The average molecular weight is 273 g/mol. The normalized spacial score (nSPS) is 10.6. The monoisotopic (exact) mass is 273 g/mol. The fraction of sp³-hybridized carbons (Fsp3) is 0.333. The second kappa shape index (κ2) is 6.34. The van der Waals surface area contributed by atoms with Crippen LogP contribution in [0.25, 0.3) is 0 Å². The van der Waals surface area contributed by atoms with Crippen LogP contribution in [0, 0.1) is 13.8 Å². The predicted octanol–water partition coefficient (Wildman–Crippen LogP) is 1.40. The quantitative estimate of drug-likeness (QED) is 0.894. The average Bonchev–Trinajstić information content (AvgIpc) is 2.42. The summed E-state index contributed by atoms with van der Waals surface area (Å²) in [6.07, 6.45) is 0. The van der Waals surface area contributed by atoms with Crippen LogP contribution in [0.15, 0.2) is 35.1 Å². The molecule has 0 saturated carbocycles. The van der Waals surface area contributed by atoms with Crippen LogP contribution in [0.5, 0.6) is 5.75 Å². The van der Waals surface area contributed by atoms with Crippen molar-refractivity contribution in [2.75, 3.05) is 6.61 Å². The molecule has 0 radical (unpaired) electrons. The molecule has 0 unspecified atom stereocenters. The molecule has 0 aliphatic carbocycles. The summed E-state index contributed by atoms with van der Waals surface area (Å²) in [5.74, 6) is 0.771. The van der Waals surface area contributed by atoms with E-state index in [0.29, 0.717) is 19.7 Å². The Labute approximate surface area is 118 Å². The van der Waals surface area contributed by atoms with Crippen molar-refractivity contribution in [1.82, 2.24) is 9.55 Å². The van der Waals surface area contributed by atoms with Crippen LogP contribution in [-0.2, 0) is 13.1 Å². The van der Waals surface area contributed by atoms with E-state index in [0.717, 1.165) is 22.7 Å². The molecular formula is C15H19N3O2. The minimum absolute atomic E-state index is 0.232. The highest BCUT2D eigenvalue weighted by Gasteiger charge is 2.03. The van der Waals surface area contributed by atoms with Gasteiger partial charge in [0.25, 0.3) is 0 Å². The number of ether oxygens (including phenoxy) is 1. The third-order valence-corrected chi connectivity index (χ3v) is 3.09. The van der Waals surface area contributed by atoms with Gasteiger partial charge in [0, 0.05) is 17.9 Å². The van der Waals surface area contributed by atoms with Crippen molar-refractivity contribution in [2.24, 2.45) is 5.73 Å². The largest absolute Gasteiger partial charge is 0.492 e. The molecular weight excluding hydrogens is 254 g/mol. The van der Waals surface area contributed by atoms with Gasteiger partial charge in [0.15, 0.2) is 0 Å². The Morgan fingerprint density at radius 1 is 1.25 bits per heavy atom. The van der Waals surface area contributed by atoms with Gasteiger partial charge in [-0.1, -0.05) is 12.1 Å². The Balaban J connectivity index is 1.97. The molecule has 2 N–H and O–H groups in total. The fourth-order valence-corrected chi connectivity index (χ4v) is 2.02. The third kappa shape index (κ3) is 3.45. The molecule has 5 nitrogen and oxygen atoms in total. The molecule has 106 valence electrons. The van der Waals surface area contributed by atoms with E-state index in [1.54, 1.807) is 4.57 Å². The number of aromatic nitrogens is 2. The van der Waals surface area contributed by atoms with Gasteiger partial charge in [0.05, 0.1) is 6.54 Å². The zero-order chi connectivity index (χ0) is 14.5. The lowest BCUT2D eigenvalue weighted by atomic mass is 10.2. The maximum Gasteiger partial charge on any atom is 0.348 e. The van der Waals surface area contributed by atoms with Crippen molar-refractivity contribution in [3.8, 4) is 5.75 Å². The Hall–Kier alpha value is -2.14. The van der Waals surface area contributed by atoms with E-state index in [-0.39, 0.29) is 5.69 Å². The molecule has 2 rings (SSSR count). The molecule has 0 amide bonds. The maximum atomic E-state index is 11.8. The number of hydrogen-bond acceptors (Lipinski definition) is 4. The molecule has 0 aliphatic rings. The Kier molecular flexibility index (Phi) is 4.53. The first-order valence-electron chi connectivity index (χ1n) is 6.57. The van der Waals surface area contributed by atoms with Gasteiger partial charge in [0.1, 0.15) is 12.4 Å². The van der Waals surface area contributed by atoms with E-state index in [2.05, 4.69) is 4.98 Å². The predicted molar refractivity (Wildman–Crippen MR) is 77.8 cm³/mol. The van der Waals surface area contributed by atoms with Crippen molar-refractivity contribution < 1.29 is 4.74 Å². The van der Waals surface area contributed by atoms with E-state index < -0.39 is 0 Å². The standard InChI is InChI=1S/C15H19N3O2/c1-11-9-12(2)18(15(19)17-11)7-8-20-14-5-3-13(10-16)4-6-14/h3-6,9H,7-8,10,16H2,1-2H3. The van der Waals surface area contributed by atoms with Crippen molar-refractivity contribution in [3.63, 3.8) is 0 Å². The smallest absolute Gasteiger partial charge is 0.348 e. The number of aryl methyl sites for hydroxylation is 2. The summed E-state index contributed by atoms with van der Waals surface area (Å²) in [6, 6.07) is 9.51. The number of hydrogen-bond donors (Lipinski definition) is 1. The highest BCUT2D eigenvalue weighted by atomic mass is 16.5. The second-order valence-electron chi connectivity index (χ2n) is 4.67. The van der Waals surface area contributed by atoms with Gasteiger partial charge in [-0.05, 0) is 37.6 Å². The van der Waals surface area contributed by atoms with Crippen molar-refractivity contribution in [2.45, 2.75) is 26.9 Å². The lowest BCUT2D eigenvalue weighted by Gasteiger charge is -2.11. The van der Waals surface area contributed by atoms with E-state index in [4.69, 9.17) is 10.5 Å². The molecule has 1 heterocycles. The maximum absolute atomic E-state index is 11.8. The molecule has 1 aromatic carbocycles. The summed E-state index contributed by atoms with van der Waals surface area (Å²) in [5.41, 5.74) is 8.00. The van der Waals surface area contributed by atoms with Crippen molar-refractivity contribution >= 4 is 0 Å². The van der Waals surface area contributed by atoms with Crippen LogP contribution in [0.1, 0.15) is 17.0 Å². The van der Waals surface area contributed by atoms with Gasteiger partial charge in [-0.3, -0.25) is 4.57 Å². The SMILES string of the molecule is Cc1cc(C)n(CCOc2ccc(CN)cc2)c(=O)n1. The van der Waals surface area contributed by atoms with Crippen molar-refractivity contribution in [3.05, 3.63) is 57.8 Å².